The molecule has 0 saturated heterocycles. The highest BCUT2D eigenvalue weighted by Gasteiger charge is 2.16. The Labute approximate surface area is 133 Å². The number of aromatic nitrogens is 2. The molecule has 2 rings (SSSR count). The Kier molecular flexibility index (Phi) is 4.40. The van der Waals surface area contributed by atoms with Crippen LogP contribution in [0.15, 0.2) is 24.5 Å². The number of hydrogen-bond donors (Lipinski definition) is 0. The third kappa shape index (κ3) is 3.56. The summed E-state index contributed by atoms with van der Waals surface area (Å²) in [6.07, 6.45) is 1.61. The maximum Gasteiger partial charge on any atom is 0.139 e. The van der Waals surface area contributed by atoms with Crippen molar-refractivity contribution in [3.63, 3.8) is 0 Å². The van der Waals surface area contributed by atoms with Gasteiger partial charge in [0.15, 0.2) is 0 Å². The molecule has 1 aromatic carbocycles. The molecule has 0 N–H and O–H groups in total. The van der Waals surface area contributed by atoms with Crippen LogP contribution in [-0.4, -0.2) is 29.7 Å². The molecule has 0 aliphatic carbocycles. The molecule has 0 aliphatic rings. The van der Waals surface area contributed by atoms with Crippen LogP contribution >= 0.6 is 0 Å². The van der Waals surface area contributed by atoms with Gasteiger partial charge in [-0.15, -0.1) is 0 Å². The Morgan fingerprint density at radius 1 is 1.05 bits per heavy atom. The van der Waals surface area contributed by atoms with E-state index in [1.165, 1.54) is 0 Å². The summed E-state index contributed by atoms with van der Waals surface area (Å²) in [6.45, 7) is 10.3. The van der Waals surface area contributed by atoms with E-state index >= 15 is 0 Å². The Morgan fingerprint density at radius 2 is 1.73 bits per heavy atom. The second-order valence-corrected chi connectivity index (χ2v) is 6.74. The minimum atomic E-state index is -0.200. The predicted octanol–water partition coefficient (Wildman–Crippen LogP) is 4.00. The minimum absolute atomic E-state index is 0.200. The second-order valence-electron chi connectivity index (χ2n) is 6.74. The number of rotatable bonds is 3. The Bertz CT molecular complexity index is 673. The molecule has 2 aromatic rings. The smallest absolute Gasteiger partial charge is 0.139 e. The van der Waals surface area contributed by atoms with Gasteiger partial charge in [0.25, 0.3) is 0 Å². The summed E-state index contributed by atoms with van der Waals surface area (Å²) in [5.74, 6) is 1.81. The summed E-state index contributed by atoms with van der Waals surface area (Å²) < 4.78 is 5.94. The van der Waals surface area contributed by atoms with E-state index in [0.717, 1.165) is 34.0 Å². The van der Waals surface area contributed by atoms with Crippen molar-refractivity contribution in [2.75, 3.05) is 19.0 Å². The zero-order chi connectivity index (χ0) is 16.5. The van der Waals surface area contributed by atoms with Gasteiger partial charge in [0, 0.05) is 19.7 Å². The number of benzene rings is 1. The summed E-state index contributed by atoms with van der Waals surface area (Å²) in [5, 5.41) is 0. The first-order valence-corrected chi connectivity index (χ1v) is 7.48. The average Bonchev–Trinajstić information content (AvgIpc) is 2.37. The molecule has 1 aromatic heterocycles. The molecule has 0 atom stereocenters. The largest absolute Gasteiger partial charge is 0.488 e. The highest BCUT2D eigenvalue weighted by molar-refractivity contribution is 5.80. The first-order valence-electron chi connectivity index (χ1n) is 7.48. The molecule has 4 heteroatoms. The zero-order valence-corrected chi connectivity index (χ0v) is 14.6. The summed E-state index contributed by atoms with van der Waals surface area (Å²) in [5.41, 5.74) is 4.15. The molecular formula is C18H25N3O. The van der Waals surface area contributed by atoms with Crippen LogP contribution in [0.2, 0.25) is 0 Å². The minimum Gasteiger partial charge on any atom is -0.488 e. The topological polar surface area (TPSA) is 38.3 Å². The van der Waals surface area contributed by atoms with Crippen molar-refractivity contribution in [2.45, 2.75) is 40.2 Å². The first-order chi connectivity index (χ1) is 10.2. The number of anilines is 1. The van der Waals surface area contributed by atoms with Gasteiger partial charge in [0.05, 0.1) is 5.69 Å². The number of hydrogen-bond acceptors (Lipinski definition) is 4. The maximum absolute atomic E-state index is 5.94. The third-order valence-electron chi connectivity index (χ3n) is 3.33. The van der Waals surface area contributed by atoms with E-state index in [0.29, 0.717) is 0 Å². The molecule has 0 fully saturated rings. The zero-order valence-electron chi connectivity index (χ0n) is 14.6. The fourth-order valence-corrected chi connectivity index (χ4v) is 2.45. The van der Waals surface area contributed by atoms with Gasteiger partial charge in [-0.25, -0.2) is 9.97 Å². The SMILES string of the molecule is Cc1cc(OC(C)(C)C)ccc1-c1c(C)ncnc1N(C)C. The molecular weight excluding hydrogens is 274 g/mol. The molecule has 0 amide bonds. The van der Waals surface area contributed by atoms with Crippen molar-refractivity contribution in [1.82, 2.24) is 9.97 Å². The number of nitrogens with zero attached hydrogens (tertiary/aromatic N) is 3. The van der Waals surface area contributed by atoms with Crippen LogP contribution in [0.1, 0.15) is 32.0 Å². The molecule has 0 bridgehead atoms. The lowest BCUT2D eigenvalue weighted by molar-refractivity contribution is 0.131. The van der Waals surface area contributed by atoms with E-state index in [-0.39, 0.29) is 5.60 Å². The molecule has 0 saturated carbocycles. The van der Waals surface area contributed by atoms with E-state index in [9.17, 15) is 0 Å². The van der Waals surface area contributed by atoms with E-state index < -0.39 is 0 Å². The van der Waals surface area contributed by atoms with Crippen molar-refractivity contribution in [3.05, 3.63) is 35.8 Å². The fourth-order valence-electron chi connectivity index (χ4n) is 2.45. The lowest BCUT2D eigenvalue weighted by atomic mass is 9.99. The lowest BCUT2D eigenvalue weighted by Crippen LogP contribution is -2.22. The van der Waals surface area contributed by atoms with E-state index in [4.69, 9.17) is 4.74 Å². The summed E-state index contributed by atoms with van der Waals surface area (Å²) in [4.78, 5) is 10.8. The Balaban J connectivity index is 2.51. The van der Waals surface area contributed by atoms with Gasteiger partial charge in [0.2, 0.25) is 0 Å². The van der Waals surface area contributed by atoms with Crippen molar-refractivity contribution < 1.29 is 4.74 Å². The van der Waals surface area contributed by atoms with Crippen LogP contribution in [0.4, 0.5) is 5.82 Å². The van der Waals surface area contributed by atoms with Gasteiger partial charge < -0.3 is 9.64 Å². The monoisotopic (exact) mass is 299 g/mol. The molecule has 118 valence electrons. The van der Waals surface area contributed by atoms with Crippen LogP contribution in [0.3, 0.4) is 0 Å². The molecule has 0 aliphatic heterocycles. The van der Waals surface area contributed by atoms with Crippen LogP contribution < -0.4 is 9.64 Å². The van der Waals surface area contributed by atoms with Crippen LogP contribution in [0, 0.1) is 13.8 Å². The normalized spacial score (nSPS) is 11.4. The average molecular weight is 299 g/mol. The Hall–Kier alpha value is -2.10. The molecule has 0 radical (unpaired) electrons. The molecule has 22 heavy (non-hydrogen) atoms. The second kappa shape index (κ2) is 5.95. The third-order valence-corrected chi connectivity index (χ3v) is 3.33. The van der Waals surface area contributed by atoms with Crippen LogP contribution in [-0.2, 0) is 0 Å². The number of ether oxygens (including phenoxy) is 1. The molecule has 1 heterocycles. The van der Waals surface area contributed by atoms with Gasteiger partial charge in [-0.05, 0) is 57.9 Å². The standard InChI is InChI=1S/C18H25N3O/c1-12-10-14(22-18(3,4)5)8-9-15(12)16-13(2)19-11-20-17(16)21(6)7/h8-11H,1-7H3. The predicted molar refractivity (Wildman–Crippen MR) is 91.7 cm³/mol. The van der Waals surface area contributed by atoms with Crippen molar-refractivity contribution in [1.29, 1.82) is 0 Å². The van der Waals surface area contributed by atoms with E-state index in [1.807, 2.05) is 32.0 Å². The van der Waals surface area contributed by atoms with E-state index in [2.05, 4.69) is 49.8 Å². The van der Waals surface area contributed by atoms with Gasteiger partial charge in [-0.3, -0.25) is 0 Å². The quantitative estimate of drug-likeness (QED) is 0.858. The van der Waals surface area contributed by atoms with E-state index in [1.54, 1.807) is 6.33 Å². The van der Waals surface area contributed by atoms with Crippen LogP contribution in [0.25, 0.3) is 11.1 Å². The fraction of sp³-hybridized carbons (Fsp3) is 0.444. The van der Waals surface area contributed by atoms with Gasteiger partial charge in [-0.1, -0.05) is 6.07 Å². The first kappa shape index (κ1) is 16.3. The Morgan fingerprint density at radius 3 is 2.27 bits per heavy atom. The van der Waals surface area contributed by atoms with Crippen molar-refractivity contribution >= 4 is 5.82 Å². The van der Waals surface area contributed by atoms with Gasteiger partial charge >= 0.3 is 0 Å². The van der Waals surface area contributed by atoms with Crippen molar-refractivity contribution in [3.8, 4) is 16.9 Å². The van der Waals surface area contributed by atoms with Gasteiger partial charge in [-0.2, -0.15) is 0 Å². The highest BCUT2D eigenvalue weighted by Crippen LogP contribution is 2.34. The molecule has 0 unspecified atom stereocenters. The molecule has 0 spiro atoms. The highest BCUT2D eigenvalue weighted by atomic mass is 16.5. The number of aryl methyl sites for hydroxylation is 2. The summed E-state index contributed by atoms with van der Waals surface area (Å²) in [7, 11) is 4.00. The van der Waals surface area contributed by atoms with Crippen LogP contribution in [0.5, 0.6) is 5.75 Å². The summed E-state index contributed by atoms with van der Waals surface area (Å²) in [6, 6.07) is 6.18. The lowest BCUT2D eigenvalue weighted by Gasteiger charge is -2.23. The maximum atomic E-state index is 5.94. The summed E-state index contributed by atoms with van der Waals surface area (Å²) >= 11 is 0. The van der Waals surface area contributed by atoms with Gasteiger partial charge in [0.1, 0.15) is 23.5 Å². The van der Waals surface area contributed by atoms with Crippen molar-refractivity contribution in [2.24, 2.45) is 0 Å². The molecule has 4 nitrogen and oxygen atoms in total.